The van der Waals surface area contributed by atoms with Crippen molar-refractivity contribution >= 4 is 55.1 Å². The Morgan fingerprint density at radius 3 is 2.05 bits per heavy atom. The first-order valence-electron chi connectivity index (χ1n) is 5.76. The zero-order valence-electron chi connectivity index (χ0n) is 11.4. The van der Waals surface area contributed by atoms with Gasteiger partial charge in [0.2, 0.25) is 10.0 Å². The van der Waals surface area contributed by atoms with E-state index in [9.17, 15) is 18.3 Å². The second kappa shape index (κ2) is 6.42. The maximum absolute atomic E-state index is 12.4. The highest BCUT2D eigenvalue weighted by Crippen LogP contribution is 2.33. The number of carboxylic acids is 1. The van der Waals surface area contributed by atoms with Crippen LogP contribution in [0.4, 0.5) is 0 Å². The first kappa shape index (κ1) is 18.7. The highest BCUT2D eigenvalue weighted by atomic mass is 79.9. The summed E-state index contributed by atoms with van der Waals surface area (Å²) in [6.07, 6.45) is 0. The van der Waals surface area contributed by atoms with Crippen LogP contribution in [0.3, 0.4) is 0 Å². The molecule has 9 heteroatoms. The lowest BCUT2D eigenvalue weighted by atomic mass is 9.88. The van der Waals surface area contributed by atoms with Crippen LogP contribution in [0.5, 0.6) is 0 Å². The predicted octanol–water partition coefficient (Wildman–Crippen LogP) is 3.53. The van der Waals surface area contributed by atoms with Crippen molar-refractivity contribution < 1.29 is 18.3 Å². The van der Waals surface area contributed by atoms with Gasteiger partial charge in [-0.3, -0.25) is 4.79 Å². The lowest BCUT2D eigenvalue weighted by Gasteiger charge is -2.27. The molecule has 0 saturated heterocycles. The maximum atomic E-state index is 12.4. The minimum atomic E-state index is -4.18. The zero-order valence-corrected chi connectivity index (χ0v) is 15.4. The van der Waals surface area contributed by atoms with Crippen LogP contribution in [0.2, 0.25) is 10.0 Å². The van der Waals surface area contributed by atoms with Crippen molar-refractivity contribution in [1.29, 1.82) is 0 Å². The summed E-state index contributed by atoms with van der Waals surface area (Å²) in [4.78, 5) is 10.9. The van der Waals surface area contributed by atoms with Crippen LogP contribution >= 0.6 is 39.1 Å². The minimum Gasteiger partial charge on any atom is -0.480 e. The second-order valence-electron chi connectivity index (χ2n) is 5.46. The van der Waals surface area contributed by atoms with Crippen molar-refractivity contribution in [2.45, 2.75) is 31.7 Å². The Kier molecular flexibility index (Phi) is 5.72. The van der Waals surface area contributed by atoms with E-state index in [1.54, 1.807) is 20.8 Å². The molecule has 0 aromatic heterocycles. The molecule has 0 radical (unpaired) electrons. The van der Waals surface area contributed by atoms with Gasteiger partial charge in [-0.15, -0.1) is 0 Å². The van der Waals surface area contributed by atoms with E-state index in [0.717, 1.165) is 0 Å². The third kappa shape index (κ3) is 4.56. The van der Waals surface area contributed by atoms with Crippen LogP contribution < -0.4 is 4.72 Å². The van der Waals surface area contributed by atoms with E-state index < -0.39 is 27.4 Å². The average molecular weight is 419 g/mol. The van der Waals surface area contributed by atoms with E-state index >= 15 is 0 Å². The number of carbonyl (C=O) groups is 1. The number of hydrogen-bond donors (Lipinski definition) is 2. The molecule has 0 saturated carbocycles. The van der Waals surface area contributed by atoms with Gasteiger partial charge in [-0.2, -0.15) is 4.72 Å². The number of sulfonamides is 1. The normalized spacial score (nSPS) is 14.0. The fraction of sp³-hybridized carbons (Fsp3) is 0.417. The predicted molar refractivity (Wildman–Crippen MR) is 85.4 cm³/mol. The van der Waals surface area contributed by atoms with Crippen molar-refractivity contribution in [3.8, 4) is 0 Å². The van der Waals surface area contributed by atoms with Crippen molar-refractivity contribution in [1.82, 2.24) is 4.72 Å². The third-order valence-electron chi connectivity index (χ3n) is 2.62. The average Bonchev–Trinajstić information content (AvgIpc) is 2.21. The Morgan fingerprint density at radius 1 is 1.29 bits per heavy atom. The molecule has 0 aliphatic carbocycles. The minimum absolute atomic E-state index is 0.0973. The molecule has 21 heavy (non-hydrogen) atoms. The maximum Gasteiger partial charge on any atom is 0.322 e. The molecule has 0 fully saturated rings. The number of rotatable bonds is 4. The number of carboxylic acid groups (broad SMARTS) is 1. The molecule has 0 amide bonds. The van der Waals surface area contributed by atoms with E-state index in [1.165, 1.54) is 12.1 Å². The molecule has 1 rings (SSSR count). The summed E-state index contributed by atoms with van der Waals surface area (Å²) in [5, 5.41) is 9.01. The summed E-state index contributed by atoms with van der Waals surface area (Å²) in [6, 6.07) is 1.42. The van der Waals surface area contributed by atoms with E-state index in [0.29, 0.717) is 4.47 Å². The largest absolute Gasteiger partial charge is 0.480 e. The molecule has 0 unspecified atom stereocenters. The van der Waals surface area contributed by atoms with Gasteiger partial charge in [0.25, 0.3) is 0 Å². The van der Waals surface area contributed by atoms with Gasteiger partial charge in [0.1, 0.15) is 10.9 Å². The summed E-state index contributed by atoms with van der Waals surface area (Å²) in [6.45, 7) is 4.83. The van der Waals surface area contributed by atoms with Gasteiger partial charge < -0.3 is 5.11 Å². The van der Waals surface area contributed by atoms with E-state index in [1.807, 2.05) is 0 Å². The first-order valence-corrected chi connectivity index (χ1v) is 8.79. The monoisotopic (exact) mass is 417 g/mol. The lowest BCUT2D eigenvalue weighted by Crippen LogP contribution is -2.49. The van der Waals surface area contributed by atoms with Crippen LogP contribution in [-0.4, -0.2) is 25.5 Å². The molecule has 0 aliphatic heterocycles. The molecule has 2 N–H and O–H groups in total. The molecule has 0 spiro atoms. The Bertz CT molecular complexity index is 647. The molecule has 1 aromatic rings. The van der Waals surface area contributed by atoms with Crippen molar-refractivity contribution in [2.75, 3.05) is 0 Å². The Balaban J connectivity index is 3.33. The summed E-state index contributed by atoms with van der Waals surface area (Å²) in [5.74, 6) is -1.28. The molecule has 5 nitrogen and oxygen atoms in total. The smallest absolute Gasteiger partial charge is 0.322 e. The fourth-order valence-corrected chi connectivity index (χ4v) is 4.93. The number of halogens is 3. The highest BCUT2D eigenvalue weighted by molar-refractivity contribution is 9.10. The third-order valence-corrected chi connectivity index (χ3v) is 5.42. The molecule has 0 bridgehead atoms. The van der Waals surface area contributed by atoms with Crippen LogP contribution in [0.15, 0.2) is 21.5 Å². The summed E-state index contributed by atoms with van der Waals surface area (Å²) < 4.78 is 27.4. The molecular formula is C12H14BrCl2NO4S. The molecule has 1 atom stereocenters. The fourth-order valence-electron chi connectivity index (χ4n) is 1.60. The van der Waals surface area contributed by atoms with Crippen LogP contribution in [-0.2, 0) is 14.8 Å². The first-order chi connectivity index (χ1) is 9.36. The van der Waals surface area contributed by atoms with Gasteiger partial charge in [0.15, 0.2) is 0 Å². The van der Waals surface area contributed by atoms with Gasteiger partial charge in [-0.05, 0) is 17.5 Å². The molecule has 0 aliphatic rings. The molecule has 0 heterocycles. The van der Waals surface area contributed by atoms with E-state index in [2.05, 4.69) is 20.7 Å². The summed E-state index contributed by atoms with van der Waals surface area (Å²) in [7, 11) is -4.18. The van der Waals surface area contributed by atoms with Crippen molar-refractivity contribution in [2.24, 2.45) is 5.41 Å². The van der Waals surface area contributed by atoms with Gasteiger partial charge in [-0.1, -0.05) is 59.9 Å². The topological polar surface area (TPSA) is 83.5 Å². The van der Waals surface area contributed by atoms with E-state index in [4.69, 9.17) is 23.2 Å². The Hall–Kier alpha value is -0.340. The van der Waals surface area contributed by atoms with Crippen molar-refractivity contribution in [3.05, 3.63) is 26.7 Å². The molecule has 1 aromatic carbocycles. The van der Waals surface area contributed by atoms with Gasteiger partial charge >= 0.3 is 5.97 Å². The van der Waals surface area contributed by atoms with Gasteiger partial charge in [-0.25, -0.2) is 8.42 Å². The Morgan fingerprint density at radius 2 is 1.71 bits per heavy atom. The standard InChI is InChI=1S/C12H14BrCl2NO4S/c1-12(2,3)10(11(17)18)16-21(19,20)9-7(14)4-6(13)5-8(9)15/h4-5,10,16H,1-3H3,(H,17,18)/t10-/m0/s1. The summed E-state index contributed by atoms with van der Waals surface area (Å²) in [5.41, 5.74) is -0.826. The quantitative estimate of drug-likeness (QED) is 0.783. The highest BCUT2D eigenvalue weighted by Gasteiger charge is 2.36. The SMILES string of the molecule is CC(C)(C)[C@@H](NS(=O)(=O)c1c(Cl)cc(Br)cc1Cl)C(=O)O. The lowest BCUT2D eigenvalue weighted by molar-refractivity contribution is -0.141. The van der Waals surface area contributed by atoms with Gasteiger partial charge in [0, 0.05) is 4.47 Å². The van der Waals surface area contributed by atoms with Gasteiger partial charge in [0.05, 0.1) is 10.0 Å². The van der Waals surface area contributed by atoms with Crippen molar-refractivity contribution in [3.63, 3.8) is 0 Å². The molecule has 118 valence electrons. The number of hydrogen-bond acceptors (Lipinski definition) is 3. The van der Waals surface area contributed by atoms with Crippen LogP contribution in [0.1, 0.15) is 20.8 Å². The Labute approximate surface area is 141 Å². The molecular weight excluding hydrogens is 405 g/mol. The number of benzene rings is 1. The number of aliphatic carboxylic acids is 1. The summed E-state index contributed by atoms with van der Waals surface area (Å²) >= 11 is 15.0. The van der Waals surface area contributed by atoms with Crippen LogP contribution in [0.25, 0.3) is 0 Å². The number of nitrogens with one attached hydrogen (secondary N) is 1. The zero-order chi connectivity index (χ0) is 16.6. The second-order valence-corrected chi connectivity index (χ2v) is 8.84. The van der Waals surface area contributed by atoms with Crippen LogP contribution in [0, 0.1) is 5.41 Å². The van der Waals surface area contributed by atoms with E-state index in [-0.39, 0.29) is 14.9 Å².